The number of anilines is 1. The molecule has 0 bridgehead atoms. The summed E-state index contributed by atoms with van der Waals surface area (Å²) in [5, 5.41) is 11.6. The van der Waals surface area contributed by atoms with Crippen molar-refractivity contribution in [3.63, 3.8) is 0 Å². The van der Waals surface area contributed by atoms with Gasteiger partial charge in [-0.05, 0) is 61.9 Å². The van der Waals surface area contributed by atoms with E-state index in [0.29, 0.717) is 17.0 Å². The van der Waals surface area contributed by atoms with Crippen LogP contribution in [-0.4, -0.2) is 46.9 Å². The molecular formula is C28H28ClN3O4. The van der Waals surface area contributed by atoms with Gasteiger partial charge in [-0.1, -0.05) is 29.8 Å². The number of benzene rings is 2. The largest absolute Gasteiger partial charge is 0.507 e. The number of carbonyl (C=O) groups excluding carboxylic acids is 2. The van der Waals surface area contributed by atoms with Gasteiger partial charge in [-0.3, -0.25) is 14.6 Å². The monoisotopic (exact) mass is 505 g/mol. The molecule has 1 aliphatic heterocycles. The van der Waals surface area contributed by atoms with Gasteiger partial charge in [0, 0.05) is 30.5 Å². The number of amides is 1. The highest BCUT2D eigenvalue weighted by molar-refractivity contribution is 6.47. The van der Waals surface area contributed by atoms with Crippen molar-refractivity contribution in [2.45, 2.75) is 26.4 Å². The van der Waals surface area contributed by atoms with Gasteiger partial charge in [-0.2, -0.15) is 0 Å². The fourth-order valence-electron chi connectivity index (χ4n) is 4.47. The molecule has 1 saturated heterocycles. The normalized spacial score (nSPS) is 16.9. The number of carbonyl (C=O) groups is 2. The summed E-state index contributed by atoms with van der Waals surface area (Å²) in [6.45, 7) is 5.97. The number of rotatable bonds is 8. The van der Waals surface area contributed by atoms with Crippen molar-refractivity contribution in [2.24, 2.45) is 0 Å². The van der Waals surface area contributed by atoms with E-state index in [9.17, 15) is 14.7 Å². The van der Waals surface area contributed by atoms with Crippen LogP contribution in [-0.2, 0) is 16.1 Å². The summed E-state index contributed by atoms with van der Waals surface area (Å²) < 4.78 is 5.27. The molecule has 1 unspecified atom stereocenters. The minimum absolute atomic E-state index is 0.0262. The number of nitrogens with zero attached hydrogens (tertiary/aromatic N) is 3. The first-order valence-electron chi connectivity index (χ1n) is 11.8. The van der Waals surface area contributed by atoms with Crippen LogP contribution in [0.2, 0.25) is 5.02 Å². The van der Waals surface area contributed by atoms with Gasteiger partial charge in [0.25, 0.3) is 11.7 Å². The Morgan fingerprint density at radius 2 is 1.81 bits per heavy atom. The lowest BCUT2D eigenvalue weighted by atomic mass is 9.95. The minimum Gasteiger partial charge on any atom is -0.507 e. The first-order valence-corrected chi connectivity index (χ1v) is 12.1. The highest BCUT2D eigenvalue weighted by Crippen LogP contribution is 2.42. The Balaban J connectivity index is 1.87. The Labute approximate surface area is 215 Å². The first-order chi connectivity index (χ1) is 17.4. The fraction of sp³-hybridized carbons (Fsp3) is 0.250. The third-order valence-electron chi connectivity index (χ3n) is 6.36. The SMILES string of the molecule is CCN(CC)c1ccc(C2/C(=C(\O)c3cc(OC)ccc3Cl)C(=O)C(=O)N2Cc2ccccn2)cc1. The molecule has 36 heavy (non-hydrogen) atoms. The summed E-state index contributed by atoms with van der Waals surface area (Å²) in [6.07, 6.45) is 1.63. The molecule has 4 rings (SSSR count). The molecule has 2 heterocycles. The van der Waals surface area contributed by atoms with Gasteiger partial charge in [0.15, 0.2) is 0 Å². The molecular weight excluding hydrogens is 478 g/mol. The predicted octanol–water partition coefficient (Wildman–Crippen LogP) is 5.21. The molecule has 1 N–H and O–H groups in total. The number of hydrogen-bond acceptors (Lipinski definition) is 6. The van der Waals surface area contributed by atoms with Gasteiger partial charge in [-0.15, -0.1) is 0 Å². The van der Waals surface area contributed by atoms with E-state index in [0.717, 1.165) is 18.8 Å². The maximum atomic E-state index is 13.3. The van der Waals surface area contributed by atoms with E-state index < -0.39 is 17.7 Å². The van der Waals surface area contributed by atoms with Crippen molar-refractivity contribution in [3.8, 4) is 5.75 Å². The smallest absolute Gasteiger partial charge is 0.296 e. The molecule has 0 spiro atoms. The Morgan fingerprint density at radius 3 is 2.42 bits per heavy atom. The maximum Gasteiger partial charge on any atom is 0.296 e. The van der Waals surface area contributed by atoms with Crippen LogP contribution >= 0.6 is 11.6 Å². The standard InChI is InChI=1S/C28H28ClN3O4/c1-4-31(5-2)20-11-9-18(10-12-20)25-24(26(33)22-16-21(36-3)13-14-23(22)29)27(34)28(35)32(25)17-19-8-6-7-15-30-19/h6-16,25,33H,4-5,17H2,1-3H3/b26-24+. The maximum absolute atomic E-state index is 13.3. The van der Waals surface area contributed by atoms with Crippen LogP contribution < -0.4 is 9.64 Å². The molecule has 0 aliphatic carbocycles. The summed E-state index contributed by atoms with van der Waals surface area (Å²) >= 11 is 6.38. The van der Waals surface area contributed by atoms with Crippen LogP contribution in [0.25, 0.3) is 5.76 Å². The van der Waals surface area contributed by atoms with Crippen molar-refractivity contribution in [2.75, 3.05) is 25.1 Å². The quantitative estimate of drug-likeness (QED) is 0.257. The Kier molecular flexibility index (Phi) is 7.60. The molecule has 1 fully saturated rings. The van der Waals surface area contributed by atoms with Crippen LogP contribution in [0.15, 0.2) is 72.4 Å². The van der Waals surface area contributed by atoms with Gasteiger partial charge >= 0.3 is 0 Å². The zero-order valence-corrected chi connectivity index (χ0v) is 21.2. The van der Waals surface area contributed by atoms with Crippen molar-refractivity contribution < 1.29 is 19.4 Å². The van der Waals surface area contributed by atoms with Crippen LogP contribution in [0.3, 0.4) is 0 Å². The molecule has 0 radical (unpaired) electrons. The lowest BCUT2D eigenvalue weighted by Crippen LogP contribution is -2.29. The number of pyridine rings is 1. The number of aromatic nitrogens is 1. The van der Waals surface area contributed by atoms with E-state index in [-0.39, 0.29) is 28.5 Å². The number of likely N-dealkylation sites (tertiary alicyclic amines) is 1. The van der Waals surface area contributed by atoms with Gasteiger partial charge < -0.3 is 19.6 Å². The average Bonchev–Trinajstić information content (AvgIpc) is 3.15. The number of aliphatic hydroxyl groups is 1. The predicted molar refractivity (Wildman–Crippen MR) is 140 cm³/mol. The fourth-order valence-corrected chi connectivity index (χ4v) is 4.68. The highest BCUT2D eigenvalue weighted by Gasteiger charge is 2.46. The van der Waals surface area contributed by atoms with Crippen molar-refractivity contribution in [1.82, 2.24) is 9.88 Å². The van der Waals surface area contributed by atoms with Crippen molar-refractivity contribution in [1.29, 1.82) is 0 Å². The second-order valence-electron chi connectivity index (χ2n) is 8.36. The summed E-state index contributed by atoms with van der Waals surface area (Å²) in [5.74, 6) is -1.37. The van der Waals surface area contributed by atoms with Gasteiger partial charge in [0.05, 0.1) is 36.0 Å². The van der Waals surface area contributed by atoms with E-state index in [1.807, 2.05) is 30.3 Å². The number of hydrogen-bond donors (Lipinski definition) is 1. The van der Waals surface area contributed by atoms with Crippen molar-refractivity contribution in [3.05, 3.63) is 94.3 Å². The van der Waals surface area contributed by atoms with Crippen LogP contribution in [0.4, 0.5) is 5.69 Å². The molecule has 8 heteroatoms. The number of aliphatic hydroxyl groups excluding tert-OH is 1. The lowest BCUT2D eigenvalue weighted by molar-refractivity contribution is -0.140. The van der Waals surface area contributed by atoms with Gasteiger partial charge in [0.1, 0.15) is 11.5 Å². The van der Waals surface area contributed by atoms with E-state index >= 15 is 0 Å². The van der Waals surface area contributed by atoms with Crippen LogP contribution in [0, 0.1) is 0 Å². The Morgan fingerprint density at radius 1 is 1.08 bits per heavy atom. The second kappa shape index (κ2) is 10.8. The average molecular weight is 506 g/mol. The lowest BCUT2D eigenvalue weighted by Gasteiger charge is -2.26. The van der Waals surface area contributed by atoms with Crippen LogP contribution in [0.5, 0.6) is 5.75 Å². The second-order valence-corrected chi connectivity index (χ2v) is 8.76. The van der Waals surface area contributed by atoms with E-state index in [4.69, 9.17) is 16.3 Å². The molecule has 0 saturated carbocycles. The zero-order chi connectivity index (χ0) is 25.8. The molecule has 1 aliphatic rings. The Bertz CT molecular complexity index is 1290. The summed E-state index contributed by atoms with van der Waals surface area (Å²) in [6, 6.07) is 17.0. The van der Waals surface area contributed by atoms with Crippen molar-refractivity contribution >= 4 is 34.7 Å². The number of Topliss-reactive ketones (excluding diaryl/α,β-unsaturated/α-hetero) is 1. The summed E-state index contributed by atoms with van der Waals surface area (Å²) in [7, 11) is 1.50. The molecule has 3 aromatic rings. The third kappa shape index (κ3) is 4.79. The Hall–Kier alpha value is -3.84. The molecule has 1 atom stereocenters. The molecule has 7 nitrogen and oxygen atoms in total. The zero-order valence-electron chi connectivity index (χ0n) is 20.4. The molecule has 2 aromatic carbocycles. The number of ether oxygens (including phenoxy) is 1. The molecule has 1 amide bonds. The minimum atomic E-state index is -0.819. The first kappa shape index (κ1) is 25.3. The summed E-state index contributed by atoms with van der Waals surface area (Å²) in [5.41, 5.74) is 2.55. The topological polar surface area (TPSA) is 83.0 Å². The highest BCUT2D eigenvalue weighted by atomic mass is 35.5. The van der Waals surface area contributed by atoms with Crippen LogP contribution in [0.1, 0.15) is 36.7 Å². The van der Waals surface area contributed by atoms with Gasteiger partial charge in [0.2, 0.25) is 0 Å². The third-order valence-corrected chi connectivity index (χ3v) is 6.69. The summed E-state index contributed by atoms with van der Waals surface area (Å²) in [4.78, 5) is 34.5. The molecule has 186 valence electrons. The number of methoxy groups -OCH3 is 1. The van der Waals surface area contributed by atoms with E-state index in [1.54, 1.807) is 36.5 Å². The molecule has 1 aromatic heterocycles. The van der Waals surface area contributed by atoms with Gasteiger partial charge in [-0.25, -0.2) is 0 Å². The van der Waals surface area contributed by atoms with E-state index in [1.165, 1.54) is 12.0 Å². The number of ketones is 1. The number of halogens is 1. The van der Waals surface area contributed by atoms with E-state index in [2.05, 4.69) is 23.7 Å².